The van der Waals surface area contributed by atoms with E-state index in [9.17, 15) is 0 Å². The Bertz CT molecular complexity index is 964. The molecule has 1 heterocycles. The zero-order valence-corrected chi connectivity index (χ0v) is 17.2. The average Bonchev–Trinajstić information content (AvgIpc) is 3.22. The SMILES string of the molecule is CN=C(NCCc1coc(-c2ccc(C)cc2)n1)Nc1ccc(OC)c(OC)c1. The fraction of sp³-hybridized carbons (Fsp3) is 0.273. The van der Waals surface area contributed by atoms with Crippen LogP contribution in [0.15, 0.2) is 58.1 Å². The maximum atomic E-state index is 5.61. The highest BCUT2D eigenvalue weighted by atomic mass is 16.5. The van der Waals surface area contributed by atoms with E-state index in [2.05, 4.69) is 27.5 Å². The first-order chi connectivity index (χ1) is 14.1. The minimum absolute atomic E-state index is 0.632. The zero-order valence-electron chi connectivity index (χ0n) is 17.2. The van der Waals surface area contributed by atoms with E-state index in [1.165, 1.54) is 5.56 Å². The topological polar surface area (TPSA) is 80.9 Å². The summed E-state index contributed by atoms with van der Waals surface area (Å²) < 4.78 is 16.2. The molecule has 0 aliphatic rings. The van der Waals surface area contributed by atoms with Crippen LogP contribution >= 0.6 is 0 Å². The molecule has 0 unspecified atom stereocenters. The molecule has 3 aromatic rings. The van der Waals surface area contributed by atoms with E-state index >= 15 is 0 Å². The summed E-state index contributed by atoms with van der Waals surface area (Å²) in [4.78, 5) is 8.81. The van der Waals surface area contributed by atoms with Gasteiger partial charge in [0.15, 0.2) is 17.5 Å². The predicted molar refractivity (Wildman–Crippen MR) is 115 cm³/mol. The quantitative estimate of drug-likeness (QED) is 0.467. The van der Waals surface area contributed by atoms with Gasteiger partial charge in [-0.1, -0.05) is 17.7 Å². The van der Waals surface area contributed by atoms with E-state index in [4.69, 9.17) is 13.9 Å². The van der Waals surface area contributed by atoms with Crippen molar-refractivity contribution in [1.82, 2.24) is 10.3 Å². The van der Waals surface area contributed by atoms with Crippen LogP contribution in [0.4, 0.5) is 5.69 Å². The number of aliphatic imine (C=N–C) groups is 1. The van der Waals surface area contributed by atoms with E-state index in [1.807, 2.05) is 42.5 Å². The molecule has 7 nitrogen and oxygen atoms in total. The van der Waals surface area contributed by atoms with Crippen molar-refractivity contribution >= 4 is 11.6 Å². The molecule has 0 spiro atoms. The molecule has 0 saturated heterocycles. The van der Waals surface area contributed by atoms with Gasteiger partial charge in [-0.2, -0.15) is 0 Å². The van der Waals surface area contributed by atoms with Gasteiger partial charge in [0.05, 0.1) is 19.9 Å². The Morgan fingerprint density at radius 3 is 2.52 bits per heavy atom. The van der Waals surface area contributed by atoms with Gasteiger partial charge >= 0.3 is 0 Å². The Labute approximate surface area is 170 Å². The molecule has 0 bridgehead atoms. The third kappa shape index (κ3) is 5.28. The van der Waals surface area contributed by atoms with Crippen molar-refractivity contribution in [2.75, 3.05) is 33.1 Å². The molecule has 1 aromatic heterocycles. The molecule has 0 atom stereocenters. The highest BCUT2D eigenvalue weighted by Crippen LogP contribution is 2.29. The van der Waals surface area contributed by atoms with E-state index in [0.717, 1.165) is 16.9 Å². The summed E-state index contributed by atoms with van der Waals surface area (Å²) in [5.74, 6) is 2.61. The zero-order chi connectivity index (χ0) is 20.6. The second kappa shape index (κ2) is 9.64. The van der Waals surface area contributed by atoms with Gasteiger partial charge in [0, 0.05) is 37.3 Å². The molecule has 0 radical (unpaired) electrons. The highest BCUT2D eigenvalue weighted by molar-refractivity contribution is 5.93. The van der Waals surface area contributed by atoms with Gasteiger partial charge in [-0.25, -0.2) is 4.98 Å². The summed E-state index contributed by atoms with van der Waals surface area (Å²) >= 11 is 0. The number of aryl methyl sites for hydroxylation is 1. The maximum Gasteiger partial charge on any atom is 0.226 e. The number of oxazole rings is 1. The summed E-state index contributed by atoms with van der Waals surface area (Å²) in [6, 6.07) is 13.7. The first kappa shape index (κ1) is 20.3. The van der Waals surface area contributed by atoms with Crippen LogP contribution < -0.4 is 20.1 Å². The molecule has 0 aliphatic carbocycles. The predicted octanol–water partition coefficient (Wildman–Crippen LogP) is 3.90. The van der Waals surface area contributed by atoms with Crippen molar-refractivity contribution < 1.29 is 13.9 Å². The molecule has 29 heavy (non-hydrogen) atoms. The molecule has 0 amide bonds. The number of rotatable bonds is 7. The lowest BCUT2D eigenvalue weighted by molar-refractivity contribution is 0.355. The van der Waals surface area contributed by atoms with E-state index in [1.54, 1.807) is 27.5 Å². The average molecular weight is 394 g/mol. The van der Waals surface area contributed by atoms with Gasteiger partial charge in [-0.15, -0.1) is 0 Å². The Balaban J connectivity index is 1.55. The van der Waals surface area contributed by atoms with Crippen LogP contribution in [-0.2, 0) is 6.42 Å². The van der Waals surface area contributed by atoms with Crippen molar-refractivity contribution in [1.29, 1.82) is 0 Å². The van der Waals surface area contributed by atoms with Gasteiger partial charge in [0.2, 0.25) is 5.89 Å². The van der Waals surface area contributed by atoms with Crippen molar-refractivity contribution in [3.05, 3.63) is 60.0 Å². The van der Waals surface area contributed by atoms with Crippen LogP contribution in [0.3, 0.4) is 0 Å². The van der Waals surface area contributed by atoms with Crippen LogP contribution in [0.25, 0.3) is 11.5 Å². The summed E-state index contributed by atoms with van der Waals surface area (Å²) in [6.07, 6.45) is 2.41. The molecular weight excluding hydrogens is 368 g/mol. The normalized spacial score (nSPS) is 11.2. The molecule has 152 valence electrons. The number of nitrogens with one attached hydrogen (secondary N) is 2. The lowest BCUT2D eigenvalue weighted by Gasteiger charge is -2.13. The van der Waals surface area contributed by atoms with Gasteiger partial charge in [0.25, 0.3) is 0 Å². The minimum atomic E-state index is 0.632. The van der Waals surface area contributed by atoms with Crippen LogP contribution in [0.2, 0.25) is 0 Å². The van der Waals surface area contributed by atoms with Crippen molar-refractivity contribution in [3.63, 3.8) is 0 Å². The summed E-state index contributed by atoms with van der Waals surface area (Å²) in [5.41, 5.74) is 3.91. The van der Waals surface area contributed by atoms with Gasteiger partial charge in [-0.3, -0.25) is 4.99 Å². The Morgan fingerprint density at radius 1 is 1.07 bits per heavy atom. The number of benzene rings is 2. The fourth-order valence-electron chi connectivity index (χ4n) is 2.79. The first-order valence-electron chi connectivity index (χ1n) is 9.34. The number of hydrogen-bond acceptors (Lipinski definition) is 5. The molecule has 0 aliphatic heterocycles. The number of anilines is 1. The minimum Gasteiger partial charge on any atom is -0.493 e. The molecule has 0 saturated carbocycles. The van der Waals surface area contributed by atoms with Crippen molar-refractivity contribution in [3.8, 4) is 23.0 Å². The van der Waals surface area contributed by atoms with Crippen LogP contribution in [0, 0.1) is 6.92 Å². The van der Waals surface area contributed by atoms with Gasteiger partial charge in [-0.05, 0) is 31.2 Å². The Morgan fingerprint density at radius 2 is 1.83 bits per heavy atom. The molecule has 2 N–H and O–H groups in total. The van der Waals surface area contributed by atoms with Gasteiger partial charge in [0.1, 0.15) is 6.26 Å². The third-order valence-electron chi connectivity index (χ3n) is 4.39. The number of aromatic nitrogens is 1. The standard InChI is InChI=1S/C22H26N4O3/c1-15-5-7-16(8-6-15)21-25-18(14-29-21)11-12-24-22(23-2)26-17-9-10-19(27-3)20(13-17)28-4/h5-10,13-14H,11-12H2,1-4H3,(H2,23,24,26). The number of nitrogens with zero attached hydrogens (tertiary/aromatic N) is 2. The number of methoxy groups -OCH3 is 2. The van der Waals surface area contributed by atoms with Crippen molar-refractivity contribution in [2.45, 2.75) is 13.3 Å². The summed E-state index contributed by atoms with van der Waals surface area (Å²) in [6.45, 7) is 2.71. The lowest BCUT2D eigenvalue weighted by atomic mass is 10.1. The molecule has 0 fully saturated rings. The van der Waals surface area contributed by atoms with E-state index in [-0.39, 0.29) is 0 Å². The Kier molecular flexibility index (Phi) is 6.73. The van der Waals surface area contributed by atoms with Gasteiger partial charge < -0.3 is 24.5 Å². The second-order valence-electron chi connectivity index (χ2n) is 6.45. The molecule has 2 aromatic carbocycles. The number of ether oxygens (including phenoxy) is 2. The molecule has 7 heteroatoms. The highest BCUT2D eigenvalue weighted by Gasteiger charge is 2.08. The van der Waals surface area contributed by atoms with E-state index in [0.29, 0.717) is 36.3 Å². The monoisotopic (exact) mass is 394 g/mol. The number of hydrogen-bond donors (Lipinski definition) is 2. The fourth-order valence-corrected chi connectivity index (χ4v) is 2.79. The van der Waals surface area contributed by atoms with Crippen molar-refractivity contribution in [2.24, 2.45) is 4.99 Å². The smallest absolute Gasteiger partial charge is 0.226 e. The van der Waals surface area contributed by atoms with Crippen LogP contribution in [0.1, 0.15) is 11.3 Å². The third-order valence-corrected chi connectivity index (χ3v) is 4.39. The summed E-state index contributed by atoms with van der Waals surface area (Å²) in [5, 5.41) is 6.51. The lowest BCUT2D eigenvalue weighted by Crippen LogP contribution is -2.32. The van der Waals surface area contributed by atoms with E-state index < -0.39 is 0 Å². The largest absolute Gasteiger partial charge is 0.493 e. The Hall–Kier alpha value is -3.48. The van der Waals surface area contributed by atoms with Crippen LogP contribution in [0.5, 0.6) is 11.5 Å². The van der Waals surface area contributed by atoms with Crippen LogP contribution in [-0.4, -0.2) is 38.8 Å². The maximum absolute atomic E-state index is 5.61. The second-order valence-corrected chi connectivity index (χ2v) is 6.45. The number of guanidine groups is 1. The molecular formula is C22H26N4O3. The first-order valence-corrected chi connectivity index (χ1v) is 9.34. The summed E-state index contributed by atoms with van der Waals surface area (Å²) in [7, 11) is 4.94. The molecule has 3 rings (SSSR count).